The highest BCUT2D eigenvalue weighted by Crippen LogP contribution is 2.35. The van der Waals surface area contributed by atoms with E-state index in [4.69, 9.17) is 27.9 Å². The Morgan fingerprint density at radius 3 is 2.32 bits per heavy atom. The van der Waals surface area contributed by atoms with Crippen molar-refractivity contribution in [3.63, 3.8) is 0 Å². The fraction of sp³-hybridized carbons (Fsp3) is 0.194. The number of piperazine rings is 1. The van der Waals surface area contributed by atoms with E-state index in [1.54, 1.807) is 42.5 Å². The van der Waals surface area contributed by atoms with Crippen LogP contribution in [-0.4, -0.2) is 49.3 Å². The Morgan fingerprint density at radius 1 is 0.878 bits per heavy atom. The Hall–Kier alpha value is -3.56. The summed E-state index contributed by atoms with van der Waals surface area (Å²) >= 11 is 12.4. The van der Waals surface area contributed by atoms with Crippen molar-refractivity contribution in [2.75, 3.05) is 17.8 Å². The van der Waals surface area contributed by atoms with E-state index in [1.165, 1.54) is 29.8 Å². The molecule has 0 unspecified atom stereocenters. The van der Waals surface area contributed by atoms with Gasteiger partial charge in [-0.15, -0.1) is 0 Å². The minimum atomic E-state index is -4.01. The lowest BCUT2D eigenvalue weighted by atomic mass is 10.1. The molecule has 2 atom stereocenters. The van der Waals surface area contributed by atoms with Crippen molar-refractivity contribution in [1.29, 1.82) is 0 Å². The number of carbonyl (C=O) groups is 1. The van der Waals surface area contributed by atoms with E-state index in [0.717, 1.165) is 19.5 Å². The fourth-order valence-electron chi connectivity index (χ4n) is 5.49. The van der Waals surface area contributed by atoms with Crippen LogP contribution in [-0.2, 0) is 16.6 Å². The molecular formula is C31H27Cl2N3O4S. The predicted octanol–water partition coefficient (Wildman–Crippen LogP) is 6.69. The van der Waals surface area contributed by atoms with Crippen LogP contribution in [0.5, 0.6) is 11.5 Å². The molecule has 0 saturated carbocycles. The van der Waals surface area contributed by atoms with E-state index >= 15 is 0 Å². The third kappa shape index (κ3) is 5.92. The second-order valence-corrected chi connectivity index (χ2v) is 12.7. The van der Waals surface area contributed by atoms with E-state index in [0.29, 0.717) is 28.1 Å². The molecule has 0 spiro atoms. The quantitative estimate of drug-likeness (QED) is 0.241. The Labute approximate surface area is 249 Å². The Kier molecular flexibility index (Phi) is 7.66. The van der Waals surface area contributed by atoms with Crippen LogP contribution in [0, 0.1) is 0 Å². The smallest absolute Gasteiger partial charge is 0.261 e. The van der Waals surface area contributed by atoms with Gasteiger partial charge in [0.15, 0.2) is 0 Å². The standard InChI is InChI=1S/C31H27Cl2N3O4S/c32-22-10-15-29(34-41(38,39)26-13-11-25(12-14-26)40-30-9-5-4-8-28(30)33)27(16-22)31(37)36-20-23-17-24(36)19-35(23)18-21-6-2-1-3-7-21/h1-16,23-24,34H,17-20H2/t23-,24-/m0/s1. The fourth-order valence-corrected chi connectivity index (χ4v) is 6.92. The minimum absolute atomic E-state index is 0.0224. The molecule has 6 rings (SSSR count). The van der Waals surface area contributed by atoms with Gasteiger partial charge in [0.05, 0.1) is 21.2 Å². The number of nitrogens with zero attached hydrogens (tertiary/aromatic N) is 2. The zero-order valence-corrected chi connectivity index (χ0v) is 24.2. The molecule has 41 heavy (non-hydrogen) atoms. The van der Waals surface area contributed by atoms with Crippen molar-refractivity contribution < 1.29 is 17.9 Å². The molecule has 1 N–H and O–H groups in total. The molecule has 0 aromatic heterocycles. The number of hydrogen-bond donors (Lipinski definition) is 1. The number of hydrogen-bond acceptors (Lipinski definition) is 5. The molecule has 210 valence electrons. The highest BCUT2D eigenvalue weighted by Gasteiger charge is 2.45. The van der Waals surface area contributed by atoms with Gasteiger partial charge < -0.3 is 9.64 Å². The molecule has 4 aromatic carbocycles. The molecule has 4 aromatic rings. The summed E-state index contributed by atoms with van der Waals surface area (Å²) in [5.41, 5.74) is 1.65. The number of ether oxygens (including phenoxy) is 1. The maximum Gasteiger partial charge on any atom is 0.261 e. The first-order chi connectivity index (χ1) is 19.8. The third-order valence-electron chi connectivity index (χ3n) is 7.50. The van der Waals surface area contributed by atoms with Crippen LogP contribution in [0.15, 0.2) is 102 Å². The number of benzene rings is 4. The van der Waals surface area contributed by atoms with E-state index in [-0.39, 0.29) is 34.1 Å². The first kappa shape index (κ1) is 27.6. The molecule has 2 bridgehead atoms. The monoisotopic (exact) mass is 607 g/mol. The van der Waals surface area contributed by atoms with Gasteiger partial charge in [-0.1, -0.05) is 65.7 Å². The number of fused-ring (bicyclic) bond motifs is 2. The molecular weight excluding hydrogens is 581 g/mol. The third-order valence-corrected chi connectivity index (χ3v) is 9.43. The molecule has 0 aliphatic carbocycles. The van der Waals surface area contributed by atoms with Crippen molar-refractivity contribution >= 4 is 44.8 Å². The molecule has 7 nitrogen and oxygen atoms in total. The maximum absolute atomic E-state index is 13.7. The summed E-state index contributed by atoms with van der Waals surface area (Å²) < 4.78 is 35.0. The molecule has 2 fully saturated rings. The van der Waals surface area contributed by atoms with E-state index in [9.17, 15) is 13.2 Å². The van der Waals surface area contributed by atoms with Crippen molar-refractivity contribution in [3.05, 3.63) is 118 Å². The van der Waals surface area contributed by atoms with Crippen LogP contribution in [0.2, 0.25) is 10.0 Å². The zero-order chi connectivity index (χ0) is 28.6. The lowest BCUT2D eigenvalue weighted by molar-refractivity contribution is 0.0617. The van der Waals surface area contributed by atoms with Gasteiger partial charge in [-0.3, -0.25) is 14.4 Å². The number of likely N-dealkylation sites (tertiary alicyclic amines) is 2. The van der Waals surface area contributed by atoms with Crippen molar-refractivity contribution in [2.45, 2.75) is 29.9 Å². The Balaban J connectivity index is 1.16. The first-order valence-corrected chi connectivity index (χ1v) is 15.4. The van der Waals surface area contributed by atoms with Gasteiger partial charge in [-0.2, -0.15) is 0 Å². The average Bonchev–Trinajstić information content (AvgIpc) is 3.56. The number of anilines is 1. The topological polar surface area (TPSA) is 78.9 Å². The zero-order valence-electron chi connectivity index (χ0n) is 21.9. The number of amides is 1. The van der Waals surface area contributed by atoms with Crippen LogP contribution < -0.4 is 9.46 Å². The molecule has 2 aliphatic heterocycles. The summed E-state index contributed by atoms with van der Waals surface area (Å²) in [5, 5.41) is 0.799. The van der Waals surface area contributed by atoms with Crippen molar-refractivity contribution in [1.82, 2.24) is 9.80 Å². The van der Waals surface area contributed by atoms with Gasteiger partial charge in [-0.05, 0) is 66.6 Å². The normalized spacial score (nSPS) is 18.4. The largest absolute Gasteiger partial charge is 0.456 e. The number of sulfonamides is 1. The maximum atomic E-state index is 13.7. The summed E-state index contributed by atoms with van der Waals surface area (Å²) in [7, 11) is -4.01. The average molecular weight is 609 g/mol. The van der Waals surface area contributed by atoms with Gasteiger partial charge >= 0.3 is 0 Å². The minimum Gasteiger partial charge on any atom is -0.456 e. The lowest BCUT2D eigenvalue weighted by Crippen LogP contribution is -2.48. The highest BCUT2D eigenvalue weighted by molar-refractivity contribution is 7.92. The number of halogens is 2. The number of para-hydroxylation sites is 1. The van der Waals surface area contributed by atoms with Crippen LogP contribution in [0.3, 0.4) is 0 Å². The van der Waals surface area contributed by atoms with Crippen LogP contribution in [0.1, 0.15) is 22.3 Å². The summed E-state index contributed by atoms with van der Waals surface area (Å²) in [6, 6.07) is 28.2. The molecule has 2 aliphatic rings. The molecule has 0 radical (unpaired) electrons. The first-order valence-electron chi connectivity index (χ1n) is 13.2. The van der Waals surface area contributed by atoms with E-state index < -0.39 is 10.0 Å². The molecule has 2 saturated heterocycles. The number of rotatable bonds is 8. The van der Waals surface area contributed by atoms with Gasteiger partial charge in [0.25, 0.3) is 15.9 Å². The number of nitrogens with one attached hydrogen (secondary N) is 1. The van der Waals surface area contributed by atoms with Gasteiger partial charge in [-0.25, -0.2) is 8.42 Å². The molecule has 10 heteroatoms. The van der Waals surface area contributed by atoms with Gasteiger partial charge in [0.2, 0.25) is 0 Å². The SMILES string of the molecule is O=C(c1cc(Cl)ccc1NS(=O)(=O)c1ccc(Oc2ccccc2Cl)cc1)N1C[C@@H]2C[C@H]1CN2Cc1ccccc1. The van der Waals surface area contributed by atoms with Gasteiger partial charge in [0.1, 0.15) is 11.5 Å². The van der Waals surface area contributed by atoms with E-state index in [1.807, 2.05) is 23.1 Å². The van der Waals surface area contributed by atoms with Crippen LogP contribution in [0.4, 0.5) is 5.69 Å². The Bertz CT molecular complexity index is 1680. The van der Waals surface area contributed by atoms with Crippen molar-refractivity contribution in [2.24, 2.45) is 0 Å². The van der Waals surface area contributed by atoms with Crippen molar-refractivity contribution in [3.8, 4) is 11.5 Å². The second-order valence-electron chi connectivity index (χ2n) is 10.2. The lowest BCUT2D eigenvalue weighted by Gasteiger charge is -2.34. The summed E-state index contributed by atoms with van der Waals surface area (Å²) in [5.74, 6) is 0.663. The predicted molar refractivity (Wildman–Crippen MR) is 160 cm³/mol. The molecule has 1 amide bonds. The second kappa shape index (κ2) is 11.4. The highest BCUT2D eigenvalue weighted by atomic mass is 35.5. The van der Waals surface area contributed by atoms with Crippen LogP contribution >= 0.6 is 23.2 Å². The van der Waals surface area contributed by atoms with Crippen LogP contribution in [0.25, 0.3) is 0 Å². The van der Waals surface area contributed by atoms with Gasteiger partial charge in [0, 0.05) is 36.7 Å². The summed E-state index contributed by atoms with van der Waals surface area (Å²) in [6.45, 7) is 2.20. The Morgan fingerprint density at radius 2 is 1.61 bits per heavy atom. The number of carbonyl (C=O) groups excluding carboxylic acids is 1. The summed E-state index contributed by atoms with van der Waals surface area (Å²) in [6.07, 6.45) is 0.892. The molecule has 2 heterocycles. The summed E-state index contributed by atoms with van der Waals surface area (Å²) in [4.78, 5) is 18.0. The van der Waals surface area contributed by atoms with E-state index in [2.05, 4.69) is 21.8 Å².